The number of methoxy groups -OCH3 is 2. The van der Waals surface area contributed by atoms with Gasteiger partial charge < -0.3 is 9.47 Å². The Morgan fingerprint density at radius 1 is 1.00 bits per heavy atom. The minimum absolute atomic E-state index is 0.0185. The molecular formula is C8H16O2. The summed E-state index contributed by atoms with van der Waals surface area (Å²) in [6.45, 7) is 4.47. The highest BCUT2D eigenvalue weighted by molar-refractivity contribution is 4.92. The number of rotatable bonds is 3. The maximum absolute atomic E-state index is 5.14. The molecule has 0 radical (unpaired) electrons. The Labute approximate surface area is 62.5 Å². The highest BCUT2D eigenvalue weighted by Gasteiger charge is 2.48. The summed E-state index contributed by atoms with van der Waals surface area (Å²) in [5, 5.41) is 0. The van der Waals surface area contributed by atoms with Crippen LogP contribution in [0.5, 0.6) is 0 Å². The second-order valence-corrected chi connectivity index (χ2v) is 3.14. The number of hydrogen-bond donors (Lipinski definition) is 0. The number of hydrogen-bond acceptors (Lipinski definition) is 2. The highest BCUT2D eigenvalue weighted by atomic mass is 16.7. The van der Waals surface area contributed by atoms with Gasteiger partial charge in [-0.15, -0.1) is 0 Å². The lowest BCUT2D eigenvalue weighted by Gasteiger charge is -2.12. The minimum atomic E-state index is 0.0185. The Kier molecular flexibility index (Phi) is 2.32. The van der Waals surface area contributed by atoms with Gasteiger partial charge in [-0.05, 0) is 11.8 Å². The fraction of sp³-hybridized carbons (Fsp3) is 1.00. The molecule has 1 rings (SSSR count). The molecule has 1 fully saturated rings. The molecule has 0 aliphatic heterocycles. The Balaban J connectivity index is 2.35. The average Bonchev–Trinajstić information content (AvgIpc) is 2.49. The third-order valence-corrected chi connectivity index (χ3v) is 2.68. The van der Waals surface area contributed by atoms with E-state index in [2.05, 4.69) is 13.8 Å². The van der Waals surface area contributed by atoms with Crippen molar-refractivity contribution < 1.29 is 9.47 Å². The summed E-state index contributed by atoms with van der Waals surface area (Å²) in [4.78, 5) is 0. The lowest BCUT2D eigenvalue weighted by atomic mass is 10.3. The molecule has 0 aromatic rings. The largest absolute Gasteiger partial charge is 0.356 e. The molecule has 2 atom stereocenters. The van der Waals surface area contributed by atoms with Crippen molar-refractivity contribution in [2.45, 2.75) is 20.1 Å². The maximum Gasteiger partial charge on any atom is 0.160 e. The molecule has 1 saturated carbocycles. The third kappa shape index (κ3) is 1.18. The third-order valence-electron chi connectivity index (χ3n) is 2.68. The molecule has 0 aromatic carbocycles. The monoisotopic (exact) mass is 144 g/mol. The predicted molar refractivity (Wildman–Crippen MR) is 39.6 cm³/mol. The Morgan fingerprint density at radius 2 is 1.40 bits per heavy atom. The molecule has 10 heavy (non-hydrogen) atoms. The van der Waals surface area contributed by atoms with Gasteiger partial charge >= 0.3 is 0 Å². The first-order valence-electron chi connectivity index (χ1n) is 3.78. The molecule has 1 aliphatic carbocycles. The molecule has 0 bridgehead atoms. The van der Waals surface area contributed by atoms with Crippen molar-refractivity contribution in [3.8, 4) is 0 Å². The SMILES string of the molecule is COC(OC)C1C(C)C1C. The summed E-state index contributed by atoms with van der Waals surface area (Å²) in [5.74, 6) is 2.16. The van der Waals surface area contributed by atoms with Crippen LogP contribution in [0, 0.1) is 17.8 Å². The highest BCUT2D eigenvalue weighted by Crippen LogP contribution is 2.48. The lowest BCUT2D eigenvalue weighted by molar-refractivity contribution is -0.120. The van der Waals surface area contributed by atoms with Crippen molar-refractivity contribution in [1.29, 1.82) is 0 Å². The van der Waals surface area contributed by atoms with E-state index in [9.17, 15) is 0 Å². The van der Waals surface area contributed by atoms with Gasteiger partial charge in [-0.25, -0.2) is 0 Å². The van der Waals surface area contributed by atoms with Crippen LogP contribution in [0.15, 0.2) is 0 Å². The molecule has 2 nitrogen and oxygen atoms in total. The van der Waals surface area contributed by atoms with Gasteiger partial charge in [0.2, 0.25) is 0 Å². The molecular weight excluding hydrogens is 128 g/mol. The van der Waals surface area contributed by atoms with Gasteiger partial charge in [-0.1, -0.05) is 13.8 Å². The van der Waals surface area contributed by atoms with E-state index in [-0.39, 0.29) is 6.29 Å². The summed E-state index contributed by atoms with van der Waals surface area (Å²) in [7, 11) is 3.40. The summed E-state index contributed by atoms with van der Waals surface area (Å²) in [6.07, 6.45) is 0.0185. The average molecular weight is 144 g/mol. The zero-order chi connectivity index (χ0) is 7.72. The molecule has 0 spiro atoms. The Morgan fingerprint density at radius 3 is 1.50 bits per heavy atom. The van der Waals surface area contributed by atoms with Crippen LogP contribution in [0.2, 0.25) is 0 Å². The van der Waals surface area contributed by atoms with Crippen molar-refractivity contribution in [1.82, 2.24) is 0 Å². The summed E-state index contributed by atoms with van der Waals surface area (Å²) in [6, 6.07) is 0. The predicted octanol–water partition coefficient (Wildman–Crippen LogP) is 1.51. The number of ether oxygens (including phenoxy) is 2. The molecule has 60 valence electrons. The standard InChI is InChI=1S/C8H16O2/c1-5-6(2)7(5)8(9-3)10-4/h5-8H,1-4H3. The fourth-order valence-corrected chi connectivity index (χ4v) is 1.61. The summed E-state index contributed by atoms with van der Waals surface area (Å²) < 4.78 is 10.3. The second-order valence-electron chi connectivity index (χ2n) is 3.14. The first-order chi connectivity index (χ1) is 4.72. The zero-order valence-electron chi connectivity index (χ0n) is 7.13. The van der Waals surface area contributed by atoms with Gasteiger partial charge in [0.1, 0.15) is 0 Å². The van der Waals surface area contributed by atoms with Gasteiger partial charge in [0.25, 0.3) is 0 Å². The lowest BCUT2D eigenvalue weighted by Crippen LogP contribution is -2.16. The van der Waals surface area contributed by atoms with Crippen LogP contribution in [0.4, 0.5) is 0 Å². The van der Waals surface area contributed by atoms with E-state index in [1.807, 2.05) is 0 Å². The van der Waals surface area contributed by atoms with Crippen LogP contribution in [0.3, 0.4) is 0 Å². The van der Waals surface area contributed by atoms with Crippen molar-refractivity contribution in [3.63, 3.8) is 0 Å². The van der Waals surface area contributed by atoms with Crippen molar-refractivity contribution >= 4 is 0 Å². The quantitative estimate of drug-likeness (QED) is 0.559. The minimum Gasteiger partial charge on any atom is -0.356 e. The first kappa shape index (κ1) is 8.02. The topological polar surface area (TPSA) is 18.5 Å². The van der Waals surface area contributed by atoms with Crippen LogP contribution in [-0.2, 0) is 9.47 Å². The molecule has 0 saturated heterocycles. The van der Waals surface area contributed by atoms with Crippen molar-refractivity contribution in [2.24, 2.45) is 17.8 Å². The zero-order valence-corrected chi connectivity index (χ0v) is 7.13. The van der Waals surface area contributed by atoms with Crippen molar-refractivity contribution in [2.75, 3.05) is 14.2 Å². The Hall–Kier alpha value is -0.0800. The van der Waals surface area contributed by atoms with Crippen LogP contribution in [0.25, 0.3) is 0 Å². The molecule has 0 N–H and O–H groups in total. The van der Waals surface area contributed by atoms with Gasteiger partial charge in [0.05, 0.1) is 0 Å². The smallest absolute Gasteiger partial charge is 0.160 e. The van der Waals surface area contributed by atoms with E-state index in [0.717, 1.165) is 11.8 Å². The molecule has 0 heterocycles. The summed E-state index contributed by atoms with van der Waals surface area (Å²) >= 11 is 0. The van der Waals surface area contributed by atoms with Crippen molar-refractivity contribution in [3.05, 3.63) is 0 Å². The van der Waals surface area contributed by atoms with E-state index in [1.165, 1.54) is 0 Å². The first-order valence-corrected chi connectivity index (χ1v) is 3.78. The van der Waals surface area contributed by atoms with E-state index in [4.69, 9.17) is 9.47 Å². The van der Waals surface area contributed by atoms with Crippen LogP contribution < -0.4 is 0 Å². The molecule has 0 amide bonds. The van der Waals surface area contributed by atoms with E-state index < -0.39 is 0 Å². The Bertz CT molecular complexity index is 102. The van der Waals surface area contributed by atoms with Gasteiger partial charge in [0.15, 0.2) is 6.29 Å². The molecule has 2 heteroatoms. The molecule has 0 aromatic heterocycles. The van der Waals surface area contributed by atoms with E-state index >= 15 is 0 Å². The fourth-order valence-electron chi connectivity index (χ4n) is 1.61. The summed E-state index contributed by atoms with van der Waals surface area (Å²) in [5.41, 5.74) is 0. The maximum atomic E-state index is 5.14. The van der Waals surface area contributed by atoms with Crippen LogP contribution in [-0.4, -0.2) is 20.5 Å². The normalized spacial score (nSPS) is 38.7. The van der Waals surface area contributed by atoms with Gasteiger partial charge in [-0.3, -0.25) is 0 Å². The van der Waals surface area contributed by atoms with Crippen LogP contribution >= 0.6 is 0 Å². The van der Waals surface area contributed by atoms with E-state index in [1.54, 1.807) is 14.2 Å². The van der Waals surface area contributed by atoms with Crippen LogP contribution in [0.1, 0.15) is 13.8 Å². The van der Waals surface area contributed by atoms with Gasteiger partial charge in [-0.2, -0.15) is 0 Å². The van der Waals surface area contributed by atoms with E-state index in [0.29, 0.717) is 5.92 Å². The van der Waals surface area contributed by atoms with Gasteiger partial charge in [0, 0.05) is 20.1 Å². The molecule has 1 aliphatic rings. The second kappa shape index (κ2) is 2.89. The molecule has 2 unspecified atom stereocenters.